The molecule has 0 atom stereocenters. The zero-order chi connectivity index (χ0) is 19.8. The Morgan fingerprint density at radius 2 is 1.41 bits per heavy atom. The van der Waals surface area contributed by atoms with Gasteiger partial charge in [-0.25, -0.2) is 0 Å². The van der Waals surface area contributed by atoms with Crippen molar-refractivity contribution in [2.24, 2.45) is 0 Å². The lowest BCUT2D eigenvalue weighted by Gasteiger charge is -2.13. The van der Waals surface area contributed by atoms with Crippen molar-refractivity contribution < 1.29 is 23.8 Å². The normalized spacial score (nSPS) is 10.1. The van der Waals surface area contributed by atoms with Crippen molar-refractivity contribution in [3.05, 3.63) is 52.5 Å². The molecule has 2 aromatic carbocycles. The Morgan fingerprint density at radius 3 is 1.96 bits per heavy atom. The Morgan fingerprint density at radius 1 is 0.852 bits per heavy atom. The molecule has 0 radical (unpaired) electrons. The van der Waals surface area contributed by atoms with Crippen LogP contribution >= 0.6 is 11.6 Å². The van der Waals surface area contributed by atoms with Gasteiger partial charge in [-0.15, -0.1) is 0 Å². The van der Waals surface area contributed by atoms with Crippen LogP contribution in [0.1, 0.15) is 20.7 Å². The highest BCUT2D eigenvalue weighted by Gasteiger charge is 2.18. The van der Waals surface area contributed by atoms with E-state index in [1.165, 1.54) is 27.4 Å². The molecule has 7 nitrogen and oxygen atoms in total. The van der Waals surface area contributed by atoms with E-state index in [0.717, 1.165) is 0 Å². The number of carbonyl (C=O) groups is 2. The second-order valence-corrected chi connectivity index (χ2v) is 5.83. The van der Waals surface area contributed by atoms with E-state index in [4.69, 9.17) is 25.8 Å². The van der Waals surface area contributed by atoms with Crippen LogP contribution in [0.5, 0.6) is 17.2 Å². The quantitative estimate of drug-likeness (QED) is 0.674. The number of nitrogens with one attached hydrogen (secondary N) is 2. The number of amides is 2. The standard InChI is InChI=1S/C19H21ClN2O5/c1-25-14-8-7-12(20)11-13(14)18(23)21-9-10-22-19(24)17-15(26-2)5-4-6-16(17)27-3/h4-8,11H,9-10H2,1-3H3,(H,21,23)(H,22,24). The van der Waals surface area contributed by atoms with E-state index < -0.39 is 0 Å². The van der Waals surface area contributed by atoms with E-state index >= 15 is 0 Å². The minimum absolute atomic E-state index is 0.217. The highest BCUT2D eigenvalue weighted by Crippen LogP contribution is 2.27. The zero-order valence-corrected chi connectivity index (χ0v) is 16.1. The van der Waals surface area contributed by atoms with Crippen molar-refractivity contribution in [3.8, 4) is 17.2 Å². The van der Waals surface area contributed by atoms with Gasteiger partial charge >= 0.3 is 0 Å². The summed E-state index contributed by atoms with van der Waals surface area (Å²) in [7, 11) is 4.43. The molecule has 0 aromatic heterocycles. The van der Waals surface area contributed by atoms with Crippen LogP contribution in [-0.4, -0.2) is 46.2 Å². The van der Waals surface area contributed by atoms with Gasteiger partial charge in [0.05, 0.1) is 26.9 Å². The number of carbonyl (C=O) groups excluding carboxylic acids is 2. The third-order valence-electron chi connectivity index (χ3n) is 3.76. The fourth-order valence-electron chi connectivity index (χ4n) is 2.47. The van der Waals surface area contributed by atoms with Gasteiger partial charge in [-0.2, -0.15) is 0 Å². The zero-order valence-electron chi connectivity index (χ0n) is 15.3. The molecule has 0 bridgehead atoms. The number of ether oxygens (including phenoxy) is 3. The molecule has 0 fully saturated rings. The van der Waals surface area contributed by atoms with Gasteiger partial charge < -0.3 is 24.8 Å². The van der Waals surface area contributed by atoms with Gasteiger partial charge in [0.2, 0.25) is 0 Å². The van der Waals surface area contributed by atoms with Crippen LogP contribution in [0.15, 0.2) is 36.4 Å². The lowest BCUT2D eigenvalue weighted by molar-refractivity contribution is 0.0922. The number of hydrogen-bond donors (Lipinski definition) is 2. The molecule has 0 saturated heterocycles. The van der Waals surface area contributed by atoms with Crippen molar-refractivity contribution in [3.63, 3.8) is 0 Å². The SMILES string of the molecule is COc1ccc(Cl)cc1C(=O)NCCNC(=O)c1c(OC)cccc1OC. The Hall–Kier alpha value is -2.93. The maximum absolute atomic E-state index is 12.4. The summed E-state index contributed by atoms with van der Waals surface area (Å²) in [6.45, 7) is 0.437. The van der Waals surface area contributed by atoms with Crippen LogP contribution in [-0.2, 0) is 0 Å². The van der Waals surface area contributed by atoms with Crippen LogP contribution in [0.25, 0.3) is 0 Å². The Kier molecular flexibility index (Phi) is 7.31. The summed E-state index contributed by atoms with van der Waals surface area (Å²) >= 11 is 5.93. The van der Waals surface area contributed by atoms with Crippen molar-refractivity contribution in [2.75, 3.05) is 34.4 Å². The lowest BCUT2D eigenvalue weighted by Crippen LogP contribution is -2.35. The molecule has 8 heteroatoms. The van der Waals surface area contributed by atoms with Crippen molar-refractivity contribution in [1.29, 1.82) is 0 Å². The van der Waals surface area contributed by atoms with E-state index in [9.17, 15) is 9.59 Å². The predicted molar refractivity (Wildman–Crippen MR) is 102 cm³/mol. The molecule has 2 aromatic rings. The molecule has 0 aliphatic rings. The molecule has 0 unspecified atom stereocenters. The third-order valence-corrected chi connectivity index (χ3v) is 3.99. The summed E-state index contributed by atoms with van der Waals surface area (Å²) in [5, 5.41) is 5.86. The summed E-state index contributed by atoms with van der Waals surface area (Å²) in [6.07, 6.45) is 0. The Labute approximate surface area is 162 Å². The predicted octanol–water partition coefficient (Wildman–Crippen LogP) is 2.53. The van der Waals surface area contributed by atoms with E-state index in [1.807, 2.05) is 0 Å². The second-order valence-electron chi connectivity index (χ2n) is 5.39. The van der Waals surface area contributed by atoms with Crippen molar-refractivity contribution in [2.45, 2.75) is 0 Å². The van der Waals surface area contributed by atoms with E-state index in [1.54, 1.807) is 30.3 Å². The summed E-state index contributed by atoms with van der Waals surface area (Å²) in [4.78, 5) is 24.7. The highest BCUT2D eigenvalue weighted by molar-refractivity contribution is 6.31. The Balaban J connectivity index is 1.95. The molecule has 0 aliphatic heterocycles. The van der Waals surface area contributed by atoms with E-state index in [0.29, 0.717) is 33.4 Å². The maximum atomic E-state index is 12.4. The smallest absolute Gasteiger partial charge is 0.258 e. The van der Waals surface area contributed by atoms with Crippen molar-refractivity contribution in [1.82, 2.24) is 10.6 Å². The summed E-state index contributed by atoms with van der Waals surface area (Å²) in [5.74, 6) is 0.510. The number of halogens is 1. The molecular formula is C19H21ClN2O5. The maximum Gasteiger partial charge on any atom is 0.258 e. The molecule has 2 amide bonds. The average Bonchev–Trinajstić information content (AvgIpc) is 2.69. The van der Waals surface area contributed by atoms with Gasteiger partial charge in [0.25, 0.3) is 11.8 Å². The summed E-state index contributed by atoms with van der Waals surface area (Å²) in [5.41, 5.74) is 0.619. The molecule has 2 rings (SSSR count). The van der Waals surface area contributed by atoms with Crippen LogP contribution < -0.4 is 24.8 Å². The Bertz CT molecular complexity index is 803. The highest BCUT2D eigenvalue weighted by atomic mass is 35.5. The minimum atomic E-state index is -0.362. The van der Waals surface area contributed by atoms with Gasteiger partial charge in [0, 0.05) is 18.1 Å². The number of benzene rings is 2. The third kappa shape index (κ3) is 5.04. The second kappa shape index (κ2) is 9.68. The fraction of sp³-hybridized carbons (Fsp3) is 0.263. The number of hydrogen-bond acceptors (Lipinski definition) is 5. The molecule has 0 saturated carbocycles. The first-order valence-corrected chi connectivity index (χ1v) is 8.50. The van der Waals surface area contributed by atoms with Gasteiger partial charge in [-0.1, -0.05) is 17.7 Å². The van der Waals surface area contributed by atoms with Gasteiger partial charge in [0.15, 0.2) is 0 Å². The molecule has 0 aliphatic carbocycles. The largest absolute Gasteiger partial charge is 0.496 e. The molecule has 2 N–H and O–H groups in total. The topological polar surface area (TPSA) is 85.9 Å². The van der Waals surface area contributed by atoms with Crippen LogP contribution in [0.3, 0.4) is 0 Å². The van der Waals surface area contributed by atoms with Crippen LogP contribution in [0, 0.1) is 0 Å². The first-order chi connectivity index (χ1) is 13.0. The van der Waals surface area contributed by atoms with E-state index in [-0.39, 0.29) is 24.9 Å². The molecular weight excluding hydrogens is 372 g/mol. The van der Waals surface area contributed by atoms with Crippen molar-refractivity contribution >= 4 is 23.4 Å². The molecule has 0 spiro atoms. The summed E-state index contributed by atoms with van der Waals surface area (Å²) in [6, 6.07) is 9.85. The van der Waals surface area contributed by atoms with E-state index in [2.05, 4.69) is 10.6 Å². The molecule has 27 heavy (non-hydrogen) atoms. The van der Waals surface area contributed by atoms with Gasteiger partial charge in [-0.05, 0) is 30.3 Å². The summed E-state index contributed by atoms with van der Waals surface area (Å²) < 4.78 is 15.6. The monoisotopic (exact) mass is 392 g/mol. The number of methoxy groups -OCH3 is 3. The van der Waals surface area contributed by atoms with Gasteiger partial charge in [0.1, 0.15) is 22.8 Å². The minimum Gasteiger partial charge on any atom is -0.496 e. The fourth-order valence-corrected chi connectivity index (χ4v) is 2.64. The first kappa shape index (κ1) is 20.4. The van der Waals surface area contributed by atoms with Gasteiger partial charge in [-0.3, -0.25) is 9.59 Å². The van der Waals surface area contributed by atoms with Crippen LogP contribution in [0.2, 0.25) is 5.02 Å². The van der Waals surface area contributed by atoms with Crippen LogP contribution in [0.4, 0.5) is 0 Å². The first-order valence-electron chi connectivity index (χ1n) is 8.12. The number of rotatable bonds is 8. The molecule has 144 valence electrons. The lowest BCUT2D eigenvalue weighted by atomic mass is 10.1. The molecule has 0 heterocycles. The average molecular weight is 393 g/mol.